The summed E-state index contributed by atoms with van der Waals surface area (Å²) in [6.45, 7) is 2.70. The van der Waals surface area contributed by atoms with Crippen molar-refractivity contribution in [3.63, 3.8) is 0 Å². The van der Waals surface area contributed by atoms with E-state index in [2.05, 4.69) is 15.0 Å². The summed E-state index contributed by atoms with van der Waals surface area (Å²) in [4.78, 5) is 38.4. The number of carbonyl (C=O) groups is 3. The molecule has 8 heteroatoms. The first kappa shape index (κ1) is 17.0. The third-order valence-electron chi connectivity index (χ3n) is 4.06. The lowest BCUT2D eigenvalue weighted by molar-refractivity contribution is -0.143. The molecule has 0 bridgehead atoms. The molecule has 0 aliphatic carbocycles. The minimum absolute atomic E-state index is 0.132. The first-order valence-electron chi connectivity index (χ1n) is 7.92. The van der Waals surface area contributed by atoms with Crippen LogP contribution in [0.4, 0.5) is 10.5 Å². The van der Waals surface area contributed by atoms with E-state index in [4.69, 9.17) is 4.74 Å². The number of benzene rings is 1. The predicted molar refractivity (Wildman–Crippen MR) is 89.7 cm³/mol. The number of urea groups is 1. The van der Waals surface area contributed by atoms with Gasteiger partial charge in [0, 0.05) is 18.8 Å². The van der Waals surface area contributed by atoms with Crippen LogP contribution >= 0.6 is 0 Å². The number of hydrogen-bond donors (Lipinski definition) is 1. The van der Waals surface area contributed by atoms with Crippen LogP contribution in [-0.4, -0.2) is 62.8 Å². The molecule has 0 unspecified atom stereocenters. The van der Waals surface area contributed by atoms with Crippen LogP contribution in [0.15, 0.2) is 30.0 Å². The van der Waals surface area contributed by atoms with Crippen molar-refractivity contribution < 1.29 is 23.9 Å². The maximum atomic E-state index is 12.2. The Bertz CT molecular complexity index is 707. The summed E-state index contributed by atoms with van der Waals surface area (Å²) in [6, 6.07) is 7.04. The van der Waals surface area contributed by atoms with Gasteiger partial charge in [-0.25, -0.2) is 9.69 Å². The van der Waals surface area contributed by atoms with Gasteiger partial charge in [0.1, 0.15) is 12.2 Å². The molecule has 0 atom stereocenters. The largest absolute Gasteiger partial charge is 0.468 e. The van der Waals surface area contributed by atoms with E-state index < -0.39 is 24.5 Å². The van der Waals surface area contributed by atoms with Crippen molar-refractivity contribution in [2.24, 2.45) is 0 Å². The topological polar surface area (TPSA) is 88.2 Å². The van der Waals surface area contributed by atoms with Gasteiger partial charge in [0.2, 0.25) is 0 Å². The highest BCUT2D eigenvalue weighted by Crippen LogP contribution is 2.19. The molecule has 1 aromatic carbocycles. The zero-order chi connectivity index (χ0) is 17.8. The van der Waals surface area contributed by atoms with Gasteiger partial charge in [-0.2, -0.15) is 0 Å². The molecule has 1 N–H and O–H groups in total. The van der Waals surface area contributed by atoms with Gasteiger partial charge in [-0.15, -0.1) is 0 Å². The Labute approximate surface area is 145 Å². The van der Waals surface area contributed by atoms with Crippen LogP contribution in [-0.2, 0) is 19.1 Å². The van der Waals surface area contributed by atoms with Gasteiger partial charge in [-0.3, -0.25) is 9.59 Å². The lowest BCUT2D eigenvalue weighted by atomic mass is 10.1. The molecule has 2 fully saturated rings. The van der Waals surface area contributed by atoms with E-state index in [1.54, 1.807) is 6.08 Å². The molecule has 132 valence electrons. The lowest BCUT2D eigenvalue weighted by Crippen LogP contribution is -2.36. The highest BCUT2D eigenvalue weighted by molar-refractivity contribution is 6.15. The predicted octanol–water partition coefficient (Wildman–Crippen LogP) is 0.589. The first-order valence-corrected chi connectivity index (χ1v) is 7.92. The summed E-state index contributed by atoms with van der Waals surface area (Å²) in [7, 11) is 1.20. The normalized spacial score (nSPS) is 19.3. The number of imide groups is 1. The number of esters is 1. The van der Waals surface area contributed by atoms with Crippen molar-refractivity contribution in [3.8, 4) is 0 Å². The zero-order valence-corrected chi connectivity index (χ0v) is 13.9. The summed E-state index contributed by atoms with van der Waals surface area (Å²) >= 11 is 0. The molecule has 3 rings (SSSR count). The van der Waals surface area contributed by atoms with Crippen LogP contribution in [0, 0.1) is 0 Å². The average Bonchev–Trinajstić information content (AvgIpc) is 2.90. The molecule has 1 aromatic rings. The number of nitrogens with one attached hydrogen (secondary N) is 1. The van der Waals surface area contributed by atoms with E-state index in [0.29, 0.717) is 13.2 Å². The maximum absolute atomic E-state index is 12.2. The van der Waals surface area contributed by atoms with Gasteiger partial charge < -0.3 is 19.7 Å². The summed E-state index contributed by atoms with van der Waals surface area (Å²) in [5, 5.41) is 2.47. The van der Waals surface area contributed by atoms with Crippen LogP contribution in [0.5, 0.6) is 0 Å². The molecule has 8 nitrogen and oxygen atoms in total. The Morgan fingerprint density at radius 2 is 1.92 bits per heavy atom. The van der Waals surface area contributed by atoms with E-state index in [-0.39, 0.29) is 5.70 Å². The number of anilines is 1. The Morgan fingerprint density at radius 3 is 2.56 bits per heavy atom. The number of morpholine rings is 1. The van der Waals surface area contributed by atoms with Crippen molar-refractivity contribution >= 4 is 29.7 Å². The molecule has 0 saturated carbocycles. The minimum atomic E-state index is -0.653. The molecule has 0 aromatic heterocycles. The Kier molecular flexibility index (Phi) is 4.99. The summed E-state index contributed by atoms with van der Waals surface area (Å²) in [5.41, 5.74) is 1.99. The summed E-state index contributed by atoms with van der Waals surface area (Å²) < 4.78 is 9.82. The van der Waals surface area contributed by atoms with Gasteiger partial charge in [0.05, 0.1) is 20.3 Å². The van der Waals surface area contributed by atoms with Crippen molar-refractivity contribution in [1.82, 2.24) is 10.2 Å². The lowest BCUT2D eigenvalue weighted by Gasteiger charge is -2.28. The van der Waals surface area contributed by atoms with E-state index >= 15 is 0 Å². The third kappa shape index (κ3) is 3.80. The second-order valence-corrected chi connectivity index (χ2v) is 5.65. The fourth-order valence-electron chi connectivity index (χ4n) is 2.68. The minimum Gasteiger partial charge on any atom is -0.468 e. The van der Waals surface area contributed by atoms with Crippen LogP contribution < -0.4 is 10.2 Å². The molecule has 2 aliphatic heterocycles. The van der Waals surface area contributed by atoms with Crippen LogP contribution in [0.2, 0.25) is 0 Å². The van der Waals surface area contributed by atoms with Gasteiger partial charge >= 0.3 is 12.0 Å². The second kappa shape index (κ2) is 7.35. The monoisotopic (exact) mass is 345 g/mol. The van der Waals surface area contributed by atoms with Crippen LogP contribution in [0.25, 0.3) is 6.08 Å². The van der Waals surface area contributed by atoms with Gasteiger partial charge in [0.25, 0.3) is 5.91 Å². The molecular formula is C17H19N3O5. The van der Waals surface area contributed by atoms with E-state index in [1.807, 2.05) is 24.3 Å². The third-order valence-corrected chi connectivity index (χ3v) is 4.06. The first-order chi connectivity index (χ1) is 12.1. The molecule has 2 heterocycles. The number of hydrogen-bond acceptors (Lipinski definition) is 6. The number of carbonyl (C=O) groups excluding carboxylic acids is 3. The number of ether oxygens (including phenoxy) is 2. The fraction of sp³-hybridized carbons (Fsp3) is 0.353. The SMILES string of the molecule is COC(=O)CN1C(=O)N/C(=C/c2ccc(N3CCOCC3)cc2)C1=O. The quantitative estimate of drug-likeness (QED) is 0.488. The molecule has 3 amide bonds. The fourth-order valence-corrected chi connectivity index (χ4v) is 2.68. The summed E-state index contributed by atoms with van der Waals surface area (Å²) in [6.07, 6.45) is 1.58. The highest BCUT2D eigenvalue weighted by Gasteiger charge is 2.35. The van der Waals surface area contributed by atoms with Gasteiger partial charge in [-0.1, -0.05) is 12.1 Å². The van der Waals surface area contributed by atoms with Gasteiger partial charge in [0.15, 0.2) is 0 Å². The second-order valence-electron chi connectivity index (χ2n) is 5.65. The van der Waals surface area contributed by atoms with Crippen molar-refractivity contribution in [2.75, 3.05) is 44.9 Å². The molecule has 2 saturated heterocycles. The summed E-state index contributed by atoms with van der Waals surface area (Å²) in [5.74, 6) is -1.20. The van der Waals surface area contributed by atoms with E-state index in [9.17, 15) is 14.4 Å². The van der Waals surface area contributed by atoms with Crippen molar-refractivity contribution in [2.45, 2.75) is 0 Å². The average molecular weight is 345 g/mol. The Balaban J connectivity index is 1.71. The zero-order valence-electron chi connectivity index (χ0n) is 13.9. The van der Waals surface area contributed by atoms with Crippen molar-refractivity contribution in [3.05, 3.63) is 35.5 Å². The van der Waals surface area contributed by atoms with Crippen LogP contribution in [0.1, 0.15) is 5.56 Å². The number of methoxy groups -OCH3 is 1. The van der Waals surface area contributed by atoms with Crippen molar-refractivity contribution in [1.29, 1.82) is 0 Å². The highest BCUT2D eigenvalue weighted by atomic mass is 16.5. The molecule has 25 heavy (non-hydrogen) atoms. The van der Waals surface area contributed by atoms with Crippen LogP contribution in [0.3, 0.4) is 0 Å². The number of rotatable bonds is 4. The Hall–Kier alpha value is -2.87. The molecule has 0 radical (unpaired) electrons. The molecular weight excluding hydrogens is 326 g/mol. The standard InChI is InChI=1S/C17H19N3O5/c1-24-15(21)11-20-16(22)14(18-17(20)23)10-12-2-4-13(5-3-12)19-6-8-25-9-7-19/h2-5,10H,6-9,11H2,1H3,(H,18,23)/b14-10+. The Morgan fingerprint density at radius 1 is 1.24 bits per heavy atom. The molecule has 0 spiro atoms. The van der Waals surface area contributed by atoms with E-state index in [1.165, 1.54) is 7.11 Å². The van der Waals surface area contributed by atoms with Gasteiger partial charge in [-0.05, 0) is 23.8 Å². The molecule has 2 aliphatic rings. The van der Waals surface area contributed by atoms with E-state index in [0.717, 1.165) is 29.2 Å². The smallest absolute Gasteiger partial charge is 0.329 e. The maximum Gasteiger partial charge on any atom is 0.329 e. The number of nitrogens with zero attached hydrogens (tertiary/aromatic N) is 2. The number of amides is 3.